The highest BCUT2D eigenvalue weighted by atomic mass is 79.9. The van der Waals surface area contributed by atoms with Gasteiger partial charge in [-0.05, 0) is 33.6 Å². The number of unbranched alkanes of at least 4 members (excludes halogenated alkanes) is 4. The number of ether oxygens (including phenoxy) is 1. The lowest BCUT2D eigenvalue weighted by atomic mass is 10.1. The van der Waals surface area contributed by atoms with Crippen LogP contribution in [0.1, 0.15) is 52.9 Å². The predicted octanol–water partition coefficient (Wildman–Crippen LogP) is 4.25. The average molecular weight is 338 g/mol. The van der Waals surface area contributed by atoms with E-state index in [1.165, 1.54) is 0 Å². The van der Waals surface area contributed by atoms with Crippen molar-refractivity contribution in [3.05, 3.63) is 0 Å². The zero-order valence-electron chi connectivity index (χ0n) is 11.9. The number of halogens is 1. The van der Waals surface area contributed by atoms with Crippen molar-refractivity contribution in [2.24, 2.45) is 0 Å². The minimum absolute atomic E-state index is 0.193. The monoisotopic (exact) mass is 337 g/mol. The summed E-state index contributed by atoms with van der Waals surface area (Å²) in [6.45, 7) is 5.33. The van der Waals surface area contributed by atoms with Crippen molar-refractivity contribution in [1.82, 2.24) is 4.90 Å². The van der Waals surface area contributed by atoms with Crippen LogP contribution in [0.25, 0.3) is 0 Å². The maximum Gasteiger partial charge on any atom is 0.419 e. The van der Waals surface area contributed by atoms with Crippen molar-refractivity contribution < 1.29 is 19.4 Å². The van der Waals surface area contributed by atoms with Gasteiger partial charge in [0.1, 0.15) is 5.60 Å². The molecule has 0 heterocycles. The van der Waals surface area contributed by atoms with Crippen molar-refractivity contribution in [2.75, 3.05) is 11.9 Å². The lowest BCUT2D eigenvalue weighted by Gasteiger charge is -2.24. The Bertz CT molecular complexity index is 289. The van der Waals surface area contributed by atoms with Gasteiger partial charge in [0.05, 0.1) is 0 Å². The summed E-state index contributed by atoms with van der Waals surface area (Å²) in [4.78, 5) is 23.4. The Labute approximate surface area is 123 Å². The van der Waals surface area contributed by atoms with E-state index in [4.69, 9.17) is 9.84 Å². The SMILES string of the molecule is CC(C)(C)OC(=O)N(CCCCCCCBr)C(=O)O. The molecule has 0 unspecified atom stereocenters. The molecular formula is C13H24BrNO4. The molecule has 0 rings (SSSR count). The summed E-state index contributed by atoms with van der Waals surface area (Å²) in [6, 6.07) is 0. The van der Waals surface area contributed by atoms with Gasteiger partial charge < -0.3 is 9.84 Å². The minimum atomic E-state index is -1.25. The highest BCUT2D eigenvalue weighted by molar-refractivity contribution is 9.09. The van der Waals surface area contributed by atoms with Gasteiger partial charge in [0.25, 0.3) is 0 Å². The zero-order chi connectivity index (χ0) is 14.9. The van der Waals surface area contributed by atoms with E-state index in [1.54, 1.807) is 20.8 Å². The molecule has 0 aromatic rings. The molecule has 112 valence electrons. The van der Waals surface area contributed by atoms with Crippen LogP contribution in [0, 0.1) is 0 Å². The maximum atomic E-state index is 11.7. The van der Waals surface area contributed by atoms with Crippen LogP contribution in [0.2, 0.25) is 0 Å². The number of carbonyl (C=O) groups is 2. The fourth-order valence-corrected chi connectivity index (χ4v) is 1.87. The van der Waals surface area contributed by atoms with E-state index < -0.39 is 17.8 Å². The molecule has 0 fully saturated rings. The summed E-state index contributed by atoms with van der Waals surface area (Å²) in [5.41, 5.74) is -0.680. The molecule has 5 nitrogen and oxygen atoms in total. The van der Waals surface area contributed by atoms with E-state index in [-0.39, 0.29) is 6.54 Å². The fourth-order valence-electron chi connectivity index (χ4n) is 1.48. The first kappa shape index (κ1) is 18.2. The molecular weight excluding hydrogens is 314 g/mol. The van der Waals surface area contributed by atoms with E-state index in [1.807, 2.05) is 0 Å². The lowest BCUT2D eigenvalue weighted by molar-refractivity contribution is 0.0267. The van der Waals surface area contributed by atoms with E-state index >= 15 is 0 Å². The van der Waals surface area contributed by atoms with Gasteiger partial charge in [-0.2, -0.15) is 0 Å². The standard InChI is InChI=1S/C13H24BrNO4/c1-13(2,3)19-12(18)15(11(16)17)10-8-6-4-5-7-9-14/h4-10H2,1-3H3,(H,16,17). The fraction of sp³-hybridized carbons (Fsp3) is 0.846. The number of amides is 2. The average Bonchev–Trinajstić information content (AvgIpc) is 2.24. The van der Waals surface area contributed by atoms with Crippen molar-refractivity contribution >= 4 is 28.1 Å². The Hall–Kier alpha value is -0.780. The summed E-state index contributed by atoms with van der Waals surface area (Å²) in [7, 11) is 0. The molecule has 1 N–H and O–H groups in total. The van der Waals surface area contributed by atoms with Gasteiger partial charge in [-0.15, -0.1) is 0 Å². The quantitative estimate of drug-likeness (QED) is 0.557. The highest BCUT2D eigenvalue weighted by Crippen LogP contribution is 2.12. The molecule has 0 aromatic heterocycles. The van der Waals surface area contributed by atoms with Crippen LogP contribution in [0.15, 0.2) is 0 Å². The predicted molar refractivity (Wildman–Crippen MR) is 77.8 cm³/mol. The lowest BCUT2D eigenvalue weighted by Crippen LogP contribution is -2.40. The first-order valence-corrected chi connectivity index (χ1v) is 7.69. The van der Waals surface area contributed by atoms with Gasteiger partial charge in [0.2, 0.25) is 0 Å². The minimum Gasteiger partial charge on any atom is -0.465 e. The third-order valence-electron chi connectivity index (χ3n) is 2.36. The van der Waals surface area contributed by atoms with E-state index in [9.17, 15) is 9.59 Å². The number of carboxylic acid groups (broad SMARTS) is 1. The van der Waals surface area contributed by atoms with E-state index in [2.05, 4.69) is 15.9 Å². The molecule has 2 amide bonds. The molecule has 0 aliphatic rings. The first-order chi connectivity index (χ1) is 8.78. The molecule has 0 saturated heterocycles. The highest BCUT2D eigenvalue weighted by Gasteiger charge is 2.26. The largest absolute Gasteiger partial charge is 0.465 e. The van der Waals surface area contributed by atoms with Crippen LogP contribution >= 0.6 is 15.9 Å². The summed E-state index contributed by atoms with van der Waals surface area (Å²) in [5, 5.41) is 9.99. The second-order valence-corrected chi connectivity index (χ2v) is 6.16. The summed E-state index contributed by atoms with van der Waals surface area (Å²) in [6.07, 6.45) is 2.83. The maximum absolute atomic E-state index is 11.7. The third kappa shape index (κ3) is 9.76. The first-order valence-electron chi connectivity index (χ1n) is 6.57. The van der Waals surface area contributed by atoms with Gasteiger partial charge >= 0.3 is 12.2 Å². The number of rotatable bonds is 7. The molecule has 0 atom stereocenters. The van der Waals surface area contributed by atoms with Crippen LogP contribution in [-0.4, -0.2) is 39.7 Å². The molecule has 0 aliphatic carbocycles. The molecule has 0 saturated carbocycles. The number of nitrogens with zero attached hydrogens (tertiary/aromatic N) is 1. The molecule has 0 bridgehead atoms. The third-order valence-corrected chi connectivity index (χ3v) is 2.92. The Kier molecular flexibility index (Phi) is 8.80. The van der Waals surface area contributed by atoms with Crippen molar-refractivity contribution in [3.63, 3.8) is 0 Å². The number of carbonyl (C=O) groups excluding carboxylic acids is 1. The Morgan fingerprint density at radius 1 is 1.11 bits per heavy atom. The van der Waals surface area contributed by atoms with Crippen LogP contribution in [-0.2, 0) is 4.74 Å². The number of hydrogen-bond donors (Lipinski definition) is 1. The smallest absolute Gasteiger partial charge is 0.419 e. The van der Waals surface area contributed by atoms with Gasteiger partial charge in [0.15, 0.2) is 0 Å². The molecule has 0 spiro atoms. The second-order valence-electron chi connectivity index (χ2n) is 5.37. The zero-order valence-corrected chi connectivity index (χ0v) is 13.5. The Morgan fingerprint density at radius 2 is 1.63 bits per heavy atom. The normalized spacial score (nSPS) is 11.2. The number of hydrogen-bond acceptors (Lipinski definition) is 3. The second kappa shape index (κ2) is 9.18. The van der Waals surface area contributed by atoms with Crippen LogP contribution in [0.3, 0.4) is 0 Å². The summed E-state index contributed by atoms with van der Waals surface area (Å²) < 4.78 is 5.06. The number of alkyl halides is 1. The van der Waals surface area contributed by atoms with Crippen molar-refractivity contribution in [2.45, 2.75) is 58.5 Å². The van der Waals surface area contributed by atoms with Crippen LogP contribution in [0.4, 0.5) is 9.59 Å². The van der Waals surface area contributed by atoms with Crippen molar-refractivity contribution in [1.29, 1.82) is 0 Å². The molecule has 19 heavy (non-hydrogen) atoms. The number of imide groups is 1. The van der Waals surface area contributed by atoms with Gasteiger partial charge in [-0.25, -0.2) is 14.5 Å². The Morgan fingerprint density at radius 3 is 2.11 bits per heavy atom. The Balaban J connectivity index is 4.06. The van der Waals surface area contributed by atoms with Gasteiger partial charge in [-0.1, -0.05) is 35.2 Å². The van der Waals surface area contributed by atoms with Crippen LogP contribution < -0.4 is 0 Å². The van der Waals surface area contributed by atoms with Crippen LogP contribution in [0.5, 0.6) is 0 Å². The van der Waals surface area contributed by atoms with Gasteiger partial charge in [0, 0.05) is 11.9 Å². The topological polar surface area (TPSA) is 66.8 Å². The van der Waals surface area contributed by atoms with Gasteiger partial charge in [-0.3, -0.25) is 0 Å². The molecule has 0 aliphatic heterocycles. The summed E-state index contributed by atoms with van der Waals surface area (Å²) >= 11 is 3.36. The van der Waals surface area contributed by atoms with E-state index in [0.717, 1.165) is 35.9 Å². The molecule has 6 heteroatoms. The summed E-state index contributed by atoms with van der Waals surface area (Å²) in [5.74, 6) is 0. The molecule has 0 aromatic carbocycles. The molecule has 0 radical (unpaired) electrons. The van der Waals surface area contributed by atoms with Crippen molar-refractivity contribution in [3.8, 4) is 0 Å². The van der Waals surface area contributed by atoms with E-state index in [0.29, 0.717) is 6.42 Å².